The second-order valence-corrected chi connectivity index (χ2v) is 3.72. The van der Waals surface area contributed by atoms with Gasteiger partial charge in [-0.25, -0.2) is 0 Å². The predicted octanol–water partition coefficient (Wildman–Crippen LogP) is 1.40. The van der Waals surface area contributed by atoms with Crippen LogP contribution in [0.25, 0.3) is 0 Å². The summed E-state index contributed by atoms with van der Waals surface area (Å²) in [5, 5.41) is 12.1. The van der Waals surface area contributed by atoms with Crippen molar-refractivity contribution < 1.29 is 9.90 Å². The summed E-state index contributed by atoms with van der Waals surface area (Å²) in [6, 6.07) is 0.485. The molecule has 1 aliphatic rings. The maximum Gasteiger partial charge on any atom is 0.307 e. The van der Waals surface area contributed by atoms with Gasteiger partial charge in [-0.15, -0.1) is 0 Å². The van der Waals surface area contributed by atoms with Crippen LogP contribution in [0.5, 0.6) is 0 Å². The first-order valence-corrected chi connectivity index (χ1v) is 4.75. The lowest BCUT2D eigenvalue weighted by Crippen LogP contribution is -2.41. The van der Waals surface area contributed by atoms with Gasteiger partial charge in [-0.2, -0.15) is 0 Å². The highest BCUT2D eigenvalue weighted by molar-refractivity contribution is 5.70. The molecular weight excluding hydrogens is 166 g/mol. The van der Waals surface area contributed by atoms with Crippen molar-refractivity contribution in [2.45, 2.75) is 38.8 Å². The van der Waals surface area contributed by atoms with E-state index in [-0.39, 0.29) is 12.0 Å². The molecule has 0 heterocycles. The number of nitrogens with one attached hydrogen (secondary N) is 1. The molecule has 1 rings (SSSR count). The third-order valence-corrected chi connectivity index (χ3v) is 2.65. The molecule has 0 aromatic rings. The van der Waals surface area contributed by atoms with Crippen LogP contribution >= 0.6 is 0 Å². The smallest absolute Gasteiger partial charge is 0.307 e. The highest BCUT2D eigenvalue weighted by atomic mass is 16.4. The number of hydrogen-bond acceptors (Lipinski definition) is 2. The summed E-state index contributed by atoms with van der Waals surface area (Å²) in [5.74, 6) is -1.05. The van der Waals surface area contributed by atoms with Crippen LogP contribution in [-0.2, 0) is 4.79 Å². The van der Waals surface area contributed by atoms with E-state index in [4.69, 9.17) is 5.11 Å². The first kappa shape index (κ1) is 10.3. The molecule has 2 atom stereocenters. The third-order valence-electron chi connectivity index (χ3n) is 2.65. The van der Waals surface area contributed by atoms with Crippen LogP contribution in [0.15, 0.2) is 12.2 Å². The molecule has 0 amide bonds. The molecule has 13 heavy (non-hydrogen) atoms. The average Bonchev–Trinajstić information content (AvgIpc) is 2.55. The Bertz CT molecular complexity index is 205. The molecule has 0 aromatic carbocycles. The zero-order chi connectivity index (χ0) is 9.84. The monoisotopic (exact) mass is 183 g/mol. The first-order chi connectivity index (χ1) is 6.11. The number of rotatable bonds is 4. The Kier molecular flexibility index (Phi) is 3.48. The maximum atomic E-state index is 10.7. The van der Waals surface area contributed by atoms with Gasteiger partial charge in [-0.05, 0) is 19.8 Å². The number of carboxylic acids is 1. The largest absolute Gasteiger partial charge is 0.481 e. The number of aliphatic carboxylic acids is 1. The fourth-order valence-electron chi connectivity index (χ4n) is 1.48. The minimum Gasteiger partial charge on any atom is -0.481 e. The number of carbonyl (C=O) groups is 1. The van der Waals surface area contributed by atoms with E-state index in [2.05, 4.69) is 17.5 Å². The highest BCUT2D eigenvalue weighted by Crippen LogP contribution is 2.12. The van der Waals surface area contributed by atoms with Gasteiger partial charge in [0.05, 0.1) is 5.92 Å². The summed E-state index contributed by atoms with van der Waals surface area (Å²) in [6.07, 6.45) is 6.32. The normalized spacial score (nSPS) is 21.7. The van der Waals surface area contributed by atoms with Crippen molar-refractivity contribution in [3.63, 3.8) is 0 Å². The molecule has 0 fully saturated rings. The van der Waals surface area contributed by atoms with Crippen LogP contribution in [0, 0.1) is 5.92 Å². The van der Waals surface area contributed by atoms with Gasteiger partial charge in [0.15, 0.2) is 0 Å². The van der Waals surface area contributed by atoms with E-state index in [0.717, 1.165) is 12.8 Å². The quantitative estimate of drug-likeness (QED) is 0.648. The Balaban J connectivity index is 2.31. The van der Waals surface area contributed by atoms with Crippen LogP contribution < -0.4 is 5.32 Å². The Labute approximate surface area is 78.8 Å². The average molecular weight is 183 g/mol. The van der Waals surface area contributed by atoms with Gasteiger partial charge < -0.3 is 10.4 Å². The fraction of sp³-hybridized carbons (Fsp3) is 0.700. The number of carboxylic acid groups (broad SMARTS) is 1. The van der Waals surface area contributed by atoms with Crippen LogP contribution in [0.3, 0.4) is 0 Å². The molecule has 0 bridgehead atoms. The fourth-order valence-corrected chi connectivity index (χ4v) is 1.48. The van der Waals surface area contributed by atoms with Crippen molar-refractivity contribution in [1.29, 1.82) is 0 Å². The third kappa shape index (κ3) is 2.84. The van der Waals surface area contributed by atoms with E-state index in [1.54, 1.807) is 6.92 Å². The second-order valence-electron chi connectivity index (χ2n) is 3.72. The van der Waals surface area contributed by atoms with Crippen molar-refractivity contribution in [2.24, 2.45) is 5.92 Å². The summed E-state index contributed by atoms with van der Waals surface area (Å²) < 4.78 is 0. The van der Waals surface area contributed by atoms with Gasteiger partial charge in [0.25, 0.3) is 0 Å². The predicted molar refractivity (Wildman–Crippen MR) is 51.6 cm³/mol. The molecule has 3 nitrogen and oxygen atoms in total. The van der Waals surface area contributed by atoms with Gasteiger partial charge >= 0.3 is 5.97 Å². The minimum atomic E-state index is -0.731. The van der Waals surface area contributed by atoms with E-state index in [1.165, 1.54) is 0 Å². The van der Waals surface area contributed by atoms with E-state index in [9.17, 15) is 4.79 Å². The van der Waals surface area contributed by atoms with Gasteiger partial charge in [0.1, 0.15) is 0 Å². The van der Waals surface area contributed by atoms with Crippen molar-refractivity contribution in [2.75, 3.05) is 0 Å². The van der Waals surface area contributed by atoms with E-state index < -0.39 is 5.97 Å². The van der Waals surface area contributed by atoms with Crippen LogP contribution in [0.1, 0.15) is 26.7 Å². The van der Waals surface area contributed by atoms with Crippen LogP contribution in [0.2, 0.25) is 0 Å². The van der Waals surface area contributed by atoms with Gasteiger partial charge in [-0.1, -0.05) is 19.1 Å². The van der Waals surface area contributed by atoms with Gasteiger partial charge in [-0.3, -0.25) is 4.79 Å². The Morgan fingerprint density at radius 2 is 2.00 bits per heavy atom. The summed E-state index contributed by atoms with van der Waals surface area (Å²) >= 11 is 0. The summed E-state index contributed by atoms with van der Waals surface area (Å²) in [7, 11) is 0. The molecule has 0 saturated carbocycles. The lowest BCUT2D eigenvalue weighted by molar-refractivity contribution is -0.142. The van der Waals surface area contributed by atoms with Crippen molar-refractivity contribution in [1.82, 2.24) is 5.32 Å². The molecule has 0 aromatic heterocycles. The van der Waals surface area contributed by atoms with Crippen molar-refractivity contribution in [3.8, 4) is 0 Å². The SMILES string of the molecule is CC(NC1CC=CC1)C(C)C(=O)O. The van der Waals surface area contributed by atoms with Crippen molar-refractivity contribution in [3.05, 3.63) is 12.2 Å². The molecule has 1 aliphatic carbocycles. The van der Waals surface area contributed by atoms with Gasteiger partial charge in [0.2, 0.25) is 0 Å². The maximum absolute atomic E-state index is 10.7. The molecule has 2 unspecified atom stereocenters. The zero-order valence-corrected chi connectivity index (χ0v) is 8.16. The second kappa shape index (κ2) is 4.42. The van der Waals surface area contributed by atoms with Crippen LogP contribution in [-0.4, -0.2) is 23.2 Å². The molecular formula is C10H17NO2. The Morgan fingerprint density at radius 3 is 2.46 bits per heavy atom. The molecule has 0 saturated heterocycles. The molecule has 74 valence electrons. The molecule has 3 heteroatoms. The molecule has 0 spiro atoms. The standard InChI is InChI=1S/C10H17NO2/c1-7(10(12)13)8(2)11-9-5-3-4-6-9/h3-4,7-9,11H,5-6H2,1-2H3,(H,12,13). The zero-order valence-electron chi connectivity index (χ0n) is 8.16. The topological polar surface area (TPSA) is 49.3 Å². The number of hydrogen-bond donors (Lipinski definition) is 2. The lowest BCUT2D eigenvalue weighted by Gasteiger charge is -2.22. The Morgan fingerprint density at radius 1 is 1.46 bits per heavy atom. The highest BCUT2D eigenvalue weighted by Gasteiger charge is 2.22. The molecule has 2 N–H and O–H groups in total. The van der Waals surface area contributed by atoms with E-state index in [1.807, 2.05) is 6.92 Å². The van der Waals surface area contributed by atoms with Gasteiger partial charge in [0, 0.05) is 12.1 Å². The summed E-state index contributed by atoms with van der Waals surface area (Å²) in [6.45, 7) is 3.67. The molecule has 0 radical (unpaired) electrons. The molecule has 0 aliphatic heterocycles. The van der Waals surface area contributed by atoms with Crippen molar-refractivity contribution >= 4 is 5.97 Å². The minimum absolute atomic E-state index is 0.0439. The Hall–Kier alpha value is -0.830. The van der Waals surface area contributed by atoms with E-state index in [0.29, 0.717) is 6.04 Å². The lowest BCUT2D eigenvalue weighted by atomic mass is 10.0. The summed E-state index contributed by atoms with van der Waals surface area (Å²) in [4.78, 5) is 10.7. The van der Waals surface area contributed by atoms with E-state index >= 15 is 0 Å². The van der Waals surface area contributed by atoms with Crippen LogP contribution in [0.4, 0.5) is 0 Å². The first-order valence-electron chi connectivity index (χ1n) is 4.75. The summed E-state index contributed by atoms with van der Waals surface area (Å²) in [5.41, 5.74) is 0.